The zero-order chi connectivity index (χ0) is 32.8. The SMILES string of the molecule is c1ccc2cc(-c3nc(-n4c5ccc(-c6cccc7c6sc6ccccc67)cc5c5c6ccccc6ccc54)nc4ccccc34)ccc2c1. The lowest BCUT2D eigenvalue weighted by Gasteiger charge is -2.12. The maximum atomic E-state index is 5.40. The lowest BCUT2D eigenvalue weighted by molar-refractivity contribution is 1.01. The predicted octanol–water partition coefficient (Wildman–Crippen LogP) is 12.7. The molecule has 0 amide bonds. The Hall–Kier alpha value is -6.36. The van der Waals surface area contributed by atoms with Gasteiger partial charge in [-0.1, -0.05) is 127 Å². The molecule has 50 heavy (non-hydrogen) atoms. The Morgan fingerprint density at radius 3 is 2.06 bits per heavy atom. The van der Waals surface area contributed by atoms with Gasteiger partial charge >= 0.3 is 0 Å². The molecule has 3 heterocycles. The summed E-state index contributed by atoms with van der Waals surface area (Å²) in [6.45, 7) is 0. The molecule has 0 atom stereocenters. The lowest BCUT2D eigenvalue weighted by Crippen LogP contribution is -2.03. The van der Waals surface area contributed by atoms with Crippen molar-refractivity contribution in [1.82, 2.24) is 14.5 Å². The van der Waals surface area contributed by atoms with E-state index in [9.17, 15) is 0 Å². The second kappa shape index (κ2) is 10.6. The van der Waals surface area contributed by atoms with E-state index < -0.39 is 0 Å². The number of hydrogen-bond donors (Lipinski definition) is 0. The molecule has 11 rings (SSSR count). The van der Waals surface area contributed by atoms with E-state index in [1.807, 2.05) is 11.3 Å². The highest BCUT2D eigenvalue weighted by atomic mass is 32.1. The molecule has 0 saturated carbocycles. The monoisotopic (exact) mass is 653 g/mol. The minimum Gasteiger partial charge on any atom is -0.278 e. The van der Waals surface area contributed by atoms with E-state index in [4.69, 9.17) is 9.97 Å². The lowest BCUT2D eigenvalue weighted by atomic mass is 9.99. The molecular formula is C46H27N3S. The van der Waals surface area contributed by atoms with Crippen molar-refractivity contribution in [2.24, 2.45) is 0 Å². The molecule has 0 N–H and O–H groups in total. The number of aromatic nitrogens is 3. The van der Waals surface area contributed by atoms with Crippen molar-refractivity contribution in [3.05, 3.63) is 164 Å². The fourth-order valence-corrected chi connectivity index (χ4v) is 9.11. The summed E-state index contributed by atoms with van der Waals surface area (Å²) in [6.07, 6.45) is 0. The Balaban J connectivity index is 1.21. The number of fused-ring (bicyclic) bond motifs is 10. The van der Waals surface area contributed by atoms with E-state index in [-0.39, 0.29) is 0 Å². The molecular weight excluding hydrogens is 627 g/mol. The number of para-hydroxylation sites is 1. The molecule has 0 aliphatic rings. The topological polar surface area (TPSA) is 30.7 Å². The van der Waals surface area contributed by atoms with Crippen LogP contribution in [0.15, 0.2) is 164 Å². The van der Waals surface area contributed by atoms with Gasteiger partial charge in [-0.2, -0.15) is 0 Å². The summed E-state index contributed by atoms with van der Waals surface area (Å²) in [4.78, 5) is 10.6. The molecule has 8 aromatic carbocycles. The van der Waals surface area contributed by atoms with Gasteiger partial charge in [-0.25, -0.2) is 9.97 Å². The number of thiophene rings is 1. The van der Waals surface area contributed by atoms with Crippen LogP contribution in [0.25, 0.3) is 103 Å². The first-order chi connectivity index (χ1) is 24.8. The van der Waals surface area contributed by atoms with Gasteiger partial charge < -0.3 is 0 Å². The Morgan fingerprint density at radius 1 is 0.440 bits per heavy atom. The molecule has 4 heteroatoms. The van der Waals surface area contributed by atoms with E-state index in [1.165, 1.54) is 63.6 Å². The van der Waals surface area contributed by atoms with Crippen LogP contribution in [0.2, 0.25) is 0 Å². The molecule has 11 aromatic rings. The molecule has 3 nitrogen and oxygen atoms in total. The van der Waals surface area contributed by atoms with Gasteiger partial charge in [0, 0.05) is 41.9 Å². The Kier molecular flexibility index (Phi) is 5.83. The van der Waals surface area contributed by atoms with Gasteiger partial charge in [-0.05, 0) is 69.1 Å². The highest BCUT2D eigenvalue weighted by Crippen LogP contribution is 2.43. The summed E-state index contributed by atoms with van der Waals surface area (Å²) in [5.41, 5.74) is 7.57. The number of rotatable bonds is 3. The van der Waals surface area contributed by atoms with Crippen molar-refractivity contribution >= 4 is 85.8 Å². The van der Waals surface area contributed by atoms with Gasteiger partial charge in [0.05, 0.1) is 22.2 Å². The van der Waals surface area contributed by atoms with Crippen LogP contribution in [0.4, 0.5) is 0 Å². The largest absolute Gasteiger partial charge is 0.278 e. The molecule has 0 fully saturated rings. The molecule has 0 aliphatic carbocycles. The first-order valence-corrected chi connectivity index (χ1v) is 17.7. The summed E-state index contributed by atoms with van der Waals surface area (Å²) in [5.74, 6) is 0.668. The summed E-state index contributed by atoms with van der Waals surface area (Å²) < 4.78 is 4.89. The van der Waals surface area contributed by atoms with Crippen LogP contribution in [0.1, 0.15) is 0 Å². The predicted molar refractivity (Wildman–Crippen MR) is 213 cm³/mol. The minimum absolute atomic E-state index is 0.668. The highest BCUT2D eigenvalue weighted by molar-refractivity contribution is 7.26. The van der Waals surface area contributed by atoms with E-state index in [1.54, 1.807) is 0 Å². The van der Waals surface area contributed by atoms with E-state index >= 15 is 0 Å². The molecule has 232 valence electrons. The van der Waals surface area contributed by atoms with E-state index in [0.717, 1.165) is 33.2 Å². The Bertz CT molecular complexity index is 3170. The molecule has 0 radical (unpaired) electrons. The van der Waals surface area contributed by atoms with Crippen molar-refractivity contribution in [3.8, 4) is 28.3 Å². The number of benzene rings is 8. The molecule has 0 unspecified atom stereocenters. The van der Waals surface area contributed by atoms with Gasteiger partial charge in [-0.3, -0.25) is 4.57 Å². The zero-order valence-electron chi connectivity index (χ0n) is 26.8. The van der Waals surface area contributed by atoms with E-state index in [2.05, 4.69) is 168 Å². The standard InChI is InChI=1S/C46H27N3S/c1-2-12-30-26-32(21-20-28(30)10-1)44-37-15-5-7-18-39(37)47-46(48-44)49-40-24-23-31(27-38(40)43-33-13-4-3-11-29(33)22-25-41(43)49)34-16-9-17-36-35-14-6-8-19-42(35)50-45(34)36/h1-27H. The third-order valence-corrected chi connectivity index (χ3v) is 11.4. The Morgan fingerprint density at radius 2 is 1.14 bits per heavy atom. The highest BCUT2D eigenvalue weighted by Gasteiger charge is 2.20. The van der Waals surface area contributed by atoms with Crippen molar-refractivity contribution in [3.63, 3.8) is 0 Å². The maximum absolute atomic E-state index is 5.40. The second-order valence-electron chi connectivity index (χ2n) is 13.0. The van der Waals surface area contributed by atoms with Crippen LogP contribution in [0.5, 0.6) is 0 Å². The summed E-state index contributed by atoms with van der Waals surface area (Å²) in [7, 11) is 0. The minimum atomic E-state index is 0.668. The quantitative estimate of drug-likeness (QED) is 0.190. The van der Waals surface area contributed by atoms with Gasteiger partial charge in [-0.15, -0.1) is 11.3 Å². The average molecular weight is 654 g/mol. The maximum Gasteiger partial charge on any atom is 0.235 e. The molecule has 0 saturated heterocycles. The average Bonchev–Trinajstić information content (AvgIpc) is 3.73. The molecule has 0 aliphatic heterocycles. The zero-order valence-corrected chi connectivity index (χ0v) is 27.7. The third-order valence-electron chi connectivity index (χ3n) is 10.2. The van der Waals surface area contributed by atoms with Gasteiger partial charge in [0.2, 0.25) is 5.95 Å². The van der Waals surface area contributed by atoms with Crippen LogP contribution in [0, 0.1) is 0 Å². The summed E-state index contributed by atoms with van der Waals surface area (Å²) in [5, 5.41) is 10.9. The van der Waals surface area contributed by atoms with E-state index in [0.29, 0.717) is 5.95 Å². The normalized spacial score (nSPS) is 12.0. The summed E-state index contributed by atoms with van der Waals surface area (Å²) >= 11 is 1.87. The fraction of sp³-hybridized carbons (Fsp3) is 0. The Labute approximate surface area is 291 Å². The fourth-order valence-electron chi connectivity index (χ4n) is 7.87. The van der Waals surface area contributed by atoms with Gasteiger partial charge in [0.15, 0.2) is 0 Å². The van der Waals surface area contributed by atoms with Crippen LogP contribution in [0.3, 0.4) is 0 Å². The van der Waals surface area contributed by atoms with Crippen LogP contribution in [-0.2, 0) is 0 Å². The molecule has 3 aromatic heterocycles. The smallest absolute Gasteiger partial charge is 0.235 e. The third kappa shape index (κ3) is 4.03. The molecule has 0 spiro atoms. The second-order valence-corrected chi connectivity index (χ2v) is 14.0. The van der Waals surface area contributed by atoms with Crippen molar-refractivity contribution < 1.29 is 0 Å². The van der Waals surface area contributed by atoms with Crippen LogP contribution in [-0.4, -0.2) is 14.5 Å². The first-order valence-electron chi connectivity index (χ1n) is 16.9. The molecule has 0 bridgehead atoms. The van der Waals surface area contributed by atoms with Crippen molar-refractivity contribution in [2.45, 2.75) is 0 Å². The summed E-state index contributed by atoms with van der Waals surface area (Å²) in [6, 6.07) is 58.9. The van der Waals surface area contributed by atoms with Crippen LogP contribution < -0.4 is 0 Å². The first kappa shape index (κ1) is 27.6. The van der Waals surface area contributed by atoms with Crippen molar-refractivity contribution in [2.75, 3.05) is 0 Å². The van der Waals surface area contributed by atoms with Crippen LogP contribution >= 0.6 is 11.3 Å². The van der Waals surface area contributed by atoms with Gasteiger partial charge in [0.1, 0.15) is 0 Å². The van der Waals surface area contributed by atoms with Crippen molar-refractivity contribution in [1.29, 1.82) is 0 Å². The number of nitrogens with zero attached hydrogens (tertiary/aromatic N) is 3. The number of hydrogen-bond acceptors (Lipinski definition) is 3. The van der Waals surface area contributed by atoms with Gasteiger partial charge in [0.25, 0.3) is 0 Å².